The van der Waals surface area contributed by atoms with Gasteiger partial charge in [-0.15, -0.1) is 22.7 Å². The third kappa shape index (κ3) is 24.1. The fourth-order valence-electron chi connectivity index (χ4n) is 11.5. The van der Waals surface area contributed by atoms with Gasteiger partial charge in [0.2, 0.25) is 0 Å². The van der Waals surface area contributed by atoms with E-state index in [0.717, 1.165) is 22.9 Å². The number of hydrogen-bond acceptors (Lipinski definition) is 4. The van der Waals surface area contributed by atoms with E-state index in [1.807, 2.05) is 56.4 Å². The Hall–Kier alpha value is -5.45. The Balaban J connectivity index is 0.000000201. The van der Waals surface area contributed by atoms with Crippen LogP contribution in [0.25, 0.3) is 41.6 Å². The summed E-state index contributed by atoms with van der Waals surface area (Å²) in [7, 11) is 0.828. The molecule has 535 valence electrons. The molecule has 0 amide bonds. The van der Waals surface area contributed by atoms with Crippen molar-refractivity contribution in [3.8, 4) is 0 Å². The van der Waals surface area contributed by atoms with Crippen molar-refractivity contribution >= 4 is 125 Å². The average Bonchev–Trinajstić information content (AvgIpc) is 1.66. The number of benzene rings is 4. The van der Waals surface area contributed by atoms with Gasteiger partial charge in [0.05, 0.1) is 0 Å². The molecule has 0 bridgehead atoms. The normalized spacial score (nSPS) is 12.8. The summed E-state index contributed by atoms with van der Waals surface area (Å²) in [5.74, 6) is 3.01. The third-order valence-electron chi connectivity index (χ3n) is 20.2. The monoisotopic (exact) mass is 1610 g/mol. The van der Waals surface area contributed by atoms with E-state index in [-0.39, 0.29) is 8.80 Å². The van der Waals surface area contributed by atoms with Crippen LogP contribution in [0, 0.1) is 166 Å². The van der Waals surface area contributed by atoms with Gasteiger partial charge in [-0.25, -0.2) is 0 Å². The molecule has 1 radical (unpaired) electrons. The first-order valence-corrected chi connectivity index (χ1v) is 47.0. The second kappa shape index (κ2) is 37.8. The number of thiophene rings is 2. The summed E-state index contributed by atoms with van der Waals surface area (Å²) < 4.78 is 22.2. The molecule has 8 aromatic heterocycles. The first-order valence-electron chi connectivity index (χ1n) is 35.1. The summed E-state index contributed by atoms with van der Waals surface area (Å²) in [6.45, 7) is 72.2. The van der Waals surface area contributed by atoms with E-state index in [2.05, 4.69) is 313 Å². The number of rotatable bonds is 0. The van der Waals surface area contributed by atoms with Crippen LogP contribution >= 0.6 is 22.7 Å². The summed E-state index contributed by atoms with van der Waals surface area (Å²) in [5.41, 5.74) is 24.8. The Morgan fingerprint density at radius 2 is 0.950 bits per heavy atom. The first kappa shape index (κ1) is 85.2. The molecular weight excluding hydrogens is 1480 g/mol. The minimum Gasteiger partial charge on any atom is -0.461 e. The van der Waals surface area contributed by atoms with Crippen LogP contribution in [0.4, 0.5) is 0 Å². The number of aromatic nitrogens is 1. The van der Waals surface area contributed by atoms with Gasteiger partial charge in [0.1, 0.15) is 39.7 Å². The van der Waals surface area contributed by atoms with Gasteiger partial charge in [-0.3, -0.25) is 0 Å². The molecule has 0 saturated heterocycles. The minimum absolute atomic E-state index is 0.220. The quantitative estimate of drug-likeness (QED) is 0.142. The number of hydrogen-bond donors (Lipinski definition) is 0. The second-order valence-corrected chi connectivity index (χ2v) is 47.1. The van der Waals surface area contributed by atoms with Gasteiger partial charge in [-0.2, -0.15) is 0 Å². The van der Waals surface area contributed by atoms with E-state index in [1.54, 1.807) is 42.8 Å². The number of nitrogens with zero attached hydrogens (tertiary/aromatic N) is 1. The molecule has 2 aliphatic rings. The van der Waals surface area contributed by atoms with E-state index >= 15 is 0 Å². The zero-order chi connectivity index (χ0) is 75.3. The smallest absolute Gasteiger partial charge is 0.134 e. The predicted octanol–water partition coefficient (Wildman–Crippen LogP) is 26.9. The van der Waals surface area contributed by atoms with Gasteiger partial charge in [0, 0.05) is 48.4 Å². The van der Waals surface area contributed by atoms with Crippen LogP contribution in [0.3, 0.4) is 0 Å². The zero-order valence-electron chi connectivity index (χ0n) is 67.7. The van der Waals surface area contributed by atoms with Gasteiger partial charge in [-0.05, 0) is 256 Å². The van der Waals surface area contributed by atoms with Crippen LogP contribution in [0.1, 0.15) is 169 Å². The molecule has 14 rings (SSSR count). The van der Waals surface area contributed by atoms with Crippen molar-refractivity contribution in [2.24, 2.45) is 7.05 Å². The summed E-state index contributed by atoms with van der Waals surface area (Å²) in [4.78, 5) is 6.61. The average molecular weight is 1610 g/mol. The maximum absolute atomic E-state index is 5.50. The zero-order valence-corrected chi connectivity index (χ0v) is 76.5. The van der Waals surface area contributed by atoms with Crippen molar-refractivity contribution in [2.45, 2.75) is 227 Å². The Morgan fingerprint density at radius 1 is 0.420 bits per heavy atom. The van der Waals surface area contributed by atoms with Gasteiger partial charge in [0.25, 0.3) is 0 Å². The van der Waals surface area contributed by atoms with Crippen LogP contribution in [-0.4, -0.2) is 64.9 Å². The van der Waals surface area contributed by atoms with E-state index in [1.165, 1.54) is 136 Å². The number of furan rings is 2. The predicted molar refractivity (Wildman–Crippen MR) is 459 cm³/mol. The molecule has 0 unspecified atom stereocenters. The summed E-state index contributed by atoms with van der Waals surface area (Å²) in [6, 6.07) is 33.4. The molecule has 12 aromatic rings. The number of fused-ring (bicyclic) bond motifs is 4. The molecular formula is C90H120NO2S2Se3Si2. The Bertz CT molecular complexity index is 4400. The molecule has 0 saturated carbocycles. The maximum atomic E-state index is 5.50. The largest absolute Gasteiger partial charge is 0.461 e. The molecule has 4 aromatic carbocycles. The van der Waals surface area contributed by atoms with Gasteiger partial charge in [-0.1, -0.05) is 69.8 Å². The molecule has 3 nitrogen and oxygen atoms in total. The van der Waals surface area contributed by atoms with E-state index in [4.69, 9.17) is 8.83 Å². The van der Waals surface area contributed by atoms with Crippen molar-refractivity contribution in [3.63, 3.8) is 0 Å². The molecule has 0 fully saturated rings. The third-order valence-corrected chi connectivity index (χ3v) is 36.2. The van der Waals surface area contributed by atoms with E-state index < -0.39 is 8.07 Å². The Morgan fingerprint density at radius 3 is 1.34 bits per heavy atom. The van der Waals surface area contributed by atoms with Crippen LogP contribution in [0.15, 0.2) is 149 Å². The van der Waals surface area contributed by atoms with E-state index in [0.29, 0.717) is 43.5 Å². The summed E-state index contributed by atoms with van der Waals surface area (Å²) in [5, 5.41) is 11.9. The molecule has 2 aliphatic heterocycles. The van der Waals surface area contributed by atoms with Crippen LogP contribution < -0.4 is 0 Å². The van der Waals surface area contributed by atoms with Crippen molar-refractivity contribution in [1.29, 1.82) is 0 Å². The fraction of sp³-hybridized carbons (Fsp3) is 0.378. The van der Waals surface area contributed by atoms with Gasteiger partial charge in [0.15, 0.2) is 0 Å². The molecule has 10 heteroatoms. The first-order chi connectivity index (χ1) is 46.5. The van der Waals surface area contributed by atoms with Gasteiger partial charge < -0.3 is 13.4 Å². The SMILES string of the molecule is CC1=CC(C)=C(C)[Si]1(C)C.CC1=CC(C)=C(C)[Si]1C.Cc1c[se]c(C)c1C.Cc1cc(C)c(C)[se]1.Cc1cc(C)c(C)o1.Cc1cc(C)c(C)s1.Cc1cc2cc(C)c(C)cc2[se]1.Cc1cc2cc(C)c(C)cc2o1.Cc1cc2cc(C)c(C)cc2s1.Cc1cc2cc(C)n(C)c2cc1C. The molecule has 0 N–H and O–H groups in total. The van der Waals surface area contributed by atoms with Crippen molar-refractivity contribution < 1.29 is 8.83 Å². The van der Waals surface area contributed by atoms with Crippen molar-refractivity contribution in [3.05, 3.63) is 268 Å². The maximum Gasteiger partial charge on any atom is 0.134 e. The number of aryl methyl sites for hydroxylation is 24. The van der Waals surface area contributed by atoms with Crippen molar-refractivity contribution in [2.75, 3.05) is 0 Å². The van der Waals surface area contributed by atoms with Crippen molar-refractivity contribution in [1.82, 2.24) is 4.57 Å². The minimum atomic E-state index is -1.07. The summed E-state index contributed by atoms with van der Waals surface area (Å²) in [6.07, 6.45) is 4.67. The Labute approximate surface area is 634 Å². The molecule has 100 heavy (non-hydrogen) atoms. The fourth-order valence-corrected chi connectivity index (χ4v) is 23.2. The summed E-state index contributed by atoms with van der Waals surface area (Å²) >= 11 is 5.74. The topological polar surface area (TPSA) is 31.2 Å². The van der Waals surface area contributed by atoms with Crippen LogP contribution in [0.2, 0.25) is 19.6 Å². The Kier molecular flexibility index (Phi) is 32.2. The van der Waals surface area contributed by atoms with E-state index in [9.17, 15) is 0 Å². The second-order valence-electron chi connectivity index (χ2n) is 28.7. The van der Waals surface area contributed by atoms with Crippen LogP contribution in [0.5, 0.6) is 0 Å². The number of allylic oxidation sites excluding steroid dienone is 8. The molecule has 10 heterocycles. The molecule has 0 spiro atoms. The van der Waals surface area contributed by atoms with Crippen LogP contribution in [-0.2, 0) is 7.05 Å². The molecule has 0 atom stereocenters. The standard InChI is InChI=1S/C12H15N.C11H12O.C11H12S.C11H12Se.C9H16Si.C8H13Si.C7H10O.C7H10S.2C7H10Se/c1-8-5-11-7-10(3)13(4)12(11)6-9(8)2;3*1-7-4-10-6-9(3)12-11(10)5-8(7)2;1-7-6-8(2)10(4,5)9(7)3;1-6-5-7(2)9(4)8(6)3;2*1-5-4-6(2)8-7(5)3;1-5-4-8-7(3)6(5)2;1-5-4-6(2)8-7(5)3/h5-7H,1-4H3;3*4-6H,1-3H3;6H,1-5H3;5H,1-4H3;4*4H,1-3H3. The van der Waals surface area contributed by atoms with Gasteiger partial charge >= 0.3 is 190 Å². The molecule has 0 aliphatic carbocycles.